The van der Waals surface area contributed by atoms with E-state index in [9.17, 15) is 48.9 Å². The van der Waals surface area contributed by atoms with E-state index in [1.54, 1.807) is 0 Å². The second-order valence-electron chi connectivity index (χ2n) is 7.12. The molecular weight excluding hydrogens is 514 g/mol. The van der Waals surface area contributed by atoms with Crippen molar-refractivity contribution in [1.82, 2.24) is 9.55 Å². The number of nitrogens with one attached hydrogen (secondary N) is 1. The molecule has 0 bridgehead atoms. The number of aromatic nitrogens is 2. The van der Waals surface area contributed by atoms with Gasteiger partial charge >= 0.3 is 5.69 Å². The smallest absolute Gasteiger partial charge is 0.330 e. The average molecular weight is 534 g/mol. The van der Waals surface area contributed by atoms with Gasteiger partial charge in [-0.05, 0) is 6.42 Å². The topological polar surface area (TPSA) is 282 Å². The number of aliphatic hydroxyl groups excluding tert-OH is 5. The first-order chi connectivity index (χ1) is 15.7. The predicted octanol–water partition coefficient (Wildman–Crippen LogP) is -5.07. The van der Waals surface area contributed by atoms with Gasteiger partial charge in [0.2, 0.25) is 0 Å². The monoisotopic (exact) mass is 534 g/mol. The largest absolute Gasteiger partial charge is 0.756 e. The Morgan fingerprint density at radius 1 is 0.971 bits per heavy atom. The summed E-state index contributed by atoms with van der Waals surface area (Å²) in [6.45, 7) is -0.488. The van der Waals surface area contributed by atoms with Gasteiger partial charge in [-0.2, -0.15) is 0 Å². The molecule has 34 heavy (non-hydrogen) atoms. The number of hydrogen-bond acceptors (Lipinski definition) is 16. The maximum atomic E-state index is 12.1. The predicted molar refractivity (Wildman–Crippen MR) is 98.1 cm³/mol. The van der Waals surface area contributed by atoms with Crippen LogP contribution in [0.2, 0.25) is 0 Å². The first kappa shape index (κ1) is 27.3. The van der Waals surface area contributed by atoms with E-state index in [-0.39, 0.29) is 6.42 Å². The molecule has 3 heterocycles. The molecule has 2 aliphatic heterocycles. The molecule has 194 valence electrons. The van der Waals surface area contributed by atoms with E-state index in [0.29, 0.717) is 4.57 Å². The normalized spacial score (nSPS) is 37.4. The molecule has 2 unspecified atom stereocenters. The van der Waals surface area contributed by atoms with Crippen molar-refractivity contribution in [3.05, 3.63) is 33.1 Å². The number of aromatic amines is 1. The highest BCUT2D eigenvalue weighted by molar-refractivity contribution is 7.59. The summed E-state index contributed by atoms with van der Waals surface area (Å²) >= 11 is 0. The quantitative estimate of drug-likeness (QED) is 0.162. The van der Waals surface area contributed by atoms with Crippen LogP contribution < -0.4 is 21.0 Å². The number of aliphatic hydroxyl groups is 5. The Bertz CT molecular complexity index is 1080. The molecule has 2 fully saturated rings. The molecule has 1 aromatic rings. The second kappa shape index (κ2) is 10.3. The van der Waals surface area contributed by atoms with E-state index in [2.05, 4.69) is 13.4 Å². The summed E-state index contributed by atoms with van der Waals surface area (Å²) in [6.07, 6.45) is -14.3. The van der Waals surface area contributed by atoms with Gasteiger partial charge in [-0.1, -0.05) is 0 Å². The van der Waals surface area contributed by atoms with Crippen molar-refractivity contribution in [2.75, 3.05) is 6.61 Å². The molecule has 2 saturated heterocycles. The highest BCUT2D eigenvalue weighted by Gasteiger charge is 2.48. The van der Waals surface area contributed by atoms with Gasteiger partial charge in [-0.3, -0.25) is 32.5 Å². The van der Waals surface area contributed by atoms with E-state index in [1.807, 2.05) is 4.98 Å². The summed E-state index contributed by atoms with van der Waals surface area (Å²) in [5, 5.41) is 48.4. The van der Waals surface area contributed by atoms with Gasteiger partial charge in [0.05, 0.1) is 6.10 Å². The summed E-state index contributed by atoms with van der Waals surface area (Å²) in [7, 11) is -11.8. The van der Waals surface area contributed by atoms with Gasteiger partial charge in [0, 0.05) is 18.9 Å². The standard InChI is InChI=1S/C14H22N2O16P2/c17-4-2-5-7(19)9(21)12(28-5)30-33(24,25)32-34(26,27)31-13-10(22)8(20)11(29-13)16-3-1-6(18)15-14(16)23/h1,3,5,7-13,17,19-22H,2,4H2,(H,24,25)(H,26,27)(H,15,18,23)/p-2/t5-,7-,8+,9+,10-,11+,12+,13+/m0/s1. The van der Waals surface area contributed by atoms with Crippen LogP contribution in [0, 0.1) is 0 Å². The SMILES string of the molecule is O=c1ccn([C@@H]2O[C@H](OP(=O)([O-])OP(=O)([O-])O[C@H]3O[C@@H](CCO)[C@H](O)[C@H]3O)[C@@H](O)[C@H]2O)c(=O)[nH]1. The Morgan fingerprint density at radius 2 is 1.53 bits per heavy atom. The molecule has 10 atom stereocenters. The maximum Gasteiger partial charge on any atom is 0.330 e. The third-order valence-electron chi connectivity index (χ3n) is 4.72. The Balaban J connectivity index is 1.66. The lowest BCUT2D eigenvalue weighted by atomic mass is 10.1. The van der Waals surface area contributed by atoms with Crippen LogP contribution in [0.15, 0.2) is 21.9 Å². The lowest BCUT2D eigenvalue weighted by molar-refractivity contribution is -0.267. The highest BCUT2D eigenvalue weighted by atomic mass is 31.3. The Hall–Kier alpha value is -1.34. The lowest BCUT2D eigenvalue weighted by Crippen LogP contribution is -2.37. The molecule has 6 N–H and O–H groups in total. The first-order valence-corrected chi connectivity index (χ1v) is 12.3. The molecule has 1 aromatic heterocycles. The number of ether oxygens (including phenoxy) is 2. The van der Waals surface area contributed by atoms with Gasteiger partial charge in [-0.15, -0.1) is 0 Å². The zero-order valence-electron chi connectivity index (χ0n) is 16.8. The Labute approximate surface area is 188 Å². The first-order valence-electron chi connectivity index (χ1n) is 9.40. The van der Waals surface area contributed by atoms with Crippen molar-refractivity contribution in [3.63, 3.8) is 0 Å². The van der Waals surface area contributed by atoms with Gasteiger partial charge in [0.25, 0.3) is 21.2 Å². The second-order valence-corrected chi connectivity index (χ2v) is 9.98. The lowest BCUT2D eigenvalue weighted by Gasteiger charge is -2.33. The fraction of sp³-hybridized carbons (Fsp3) is 0.714. The number of nitrogens with zero attached hydrogens (tertiary/aromatic N) is 1. The number of H-pyrrole nitrogens is 1. The molecule has 0 aromatic carbocycles. The van der Waals surface area contributed by atoms with E-state index in [4.69, 9.17) is 14.6 Å². The third kappa shape index (κ3) is 6.07. The van der Waals surface area contributed by atoms with Crippen LogP contribution in [0.1, 0.15) is 12.6 Å². The molecule has 0 aliphatic carbocycles. The zero-order chi connectivity index (χ0) is 25.4. The molecule has 3 rings (SSSR count). The number of hydrogen-bond donors (Lipinski definition) is 6. The minimum absolute atomic E-state index is 0.204. The number of phosphoric ester groups is 2. The van der Waals surface area contributed by atoms with Crippen molar-refractivity contribution in [2.24, 2.45) is 0 Å². The average Bonchev–Trinajstić information content (AvgIpc) is 3.12. The van der Waals surface area contributed by atoms with Crippen molar-refractivity contribution < 1.29 is 67.3 Å². The minimum atomic E-state index is -5.92. The van der Waals surface area contributed by atoms with Crippen LogP contribution in [0.4, 0.5) is 0 Å². The van der Waals surface area contributed by atoms with Crippen LogP contribution in [0.25, 0.3) is 0 Å². The third-order valence-corrected chi connectivity index (χ3v) is 7.25. The van der Waals surface area contributed by atoms with Crippen molar-refractivity contribution >= 4 is 15.6 Å². The van der Waals surface area contributed by atoms with Crippen LogP contribution in [0.5, 0.6) is 0 Å². The highest BCUT2D eigenvalue weighted by Crippen LogP contribution is 2.58. The molecular formula is C14H20N2O16P2-2. The number of rotatable bonds is 9. The molecule has 0 saturated carbocycles. The summed E-state index contributed by atoms with van der Waals surface area (Å²) in [5.41, 5.74) is -1.88. The van der Waals surface area contributed by atoms with E-state index < -0.39 is 82.8 Å². The fourth-order valence-corrected chi connectivity index (χ4v) is 5.30. The van der Waals surface area contributed by atoms with Crippen LogP contribution in [-0.2, 0) is 32.0 Å². The Kier molecular flexibility index (Phi) is 8.28. The molecule has 18 nitrogen and oxygen atoms in total. The molecule has 2 aliphatic rings. The minimum Gasteiger partial charge on any atom is -0.756 e. The van der Waals surface area contributed by atoms with Crippen molar-refractivity contribution in [2.45, 2.75) is 55.7 Å². The molecule has 20 heteroatoms. The van der Waals surface area contributed by atoms with Crippen LogP contribution in [-0.4, -0.2) is 84.8 Å². The molecule has 0 radical (unpaired) electrons. The summed E-state index contributed by atoms with van der Waals surface area (Å²) in [5.74, 6) is 0. The van der Waals surface area contributed by atoms with Crippen molar-refractivity contribution in [3.8, 4) is 0 Å². The summed E-state index contributed by atoms with van der Waals surface area (Å²) < 4.78 is 47.0. The van der Waals surface area contributed by atoms with E-state index in [0.717, 1.165) is 12.3 Å². The summed E-state index contributed by atoms with van der Waals surface area (Å²) in [4.78, 5) is 48.8. The number of phosphoric acid groups is 2. The Morgan fingerprint density at radius 3 is 2.09 bits per heavy atom. The van der Waals surface area contributed by atoms with E-state index >= 15 is 0 Å². The summed E-state index contributed by atoms with van der Waals surface area (Å²) in [6, 6.07) is 0.867. The molecule has 0 amide bonds. The van der Waals surface area contributed by atoms with Crippen LogP contribution >= 0.6 is 15.6 Å². The van der Waals surface area contributed by atoms with E-state index in [1.165, 1.54) is 0 Å². The zero-order valence-corrected chi connectivity index (χ0v) is 18.5. The van der Waals surface area contributed by atoms with Gasteiger partial charge in [0.1, 0.15) is 24.4 Å². The van der Waals surface area contributed by atoms with Gasteiger partial charge in [0.15, 0.2) is 18.8 Å². The fourth-order valence-electron chi connectivity index (χ4n) is 3.16. The maximum absolute atomic E-state index is 12.1. The molecule has 0 spiro atoms. The van der Waals surface area contributed by atoms with Gasteiger partial charge in [-0.25, -0.2) is 9.11 Å². The van der Waals surface area contributed by atoms with Crippen LogP contribution in [0.3, 0.4) is 0 Å². The van der Waals surface area contributed by atoms with Crippen molar-refractivity contribution in [1.29, 1.82) is 0 Å². The van der Waals surface area contributed by atoms with Gasteiger partial charge < -0.3 is 44.8 Å².